The number of aromatic nitrogens is 2. The molecule has 0 spiro atoms. The van der Waals surface area contributed by atoms with Gasteiger partial charge in [0, 0.05) is 19.1 Å². The Balaban J connectivity index is 2.37. The second-order valence-corrected chi connectivity index (χ2v) is 3.42. The number of anilines is 1. The third kappa shape index (κ3) is 3.55. The van der Waals surface area contributed by atoms with E-state index in [1.165, 1.54) is 6.20 Å². The molecule has 15 heavy (non-hydrogen) atoms. The Hall–Kier alpha value is -1.63. The Morgan fingerprint density at radius 1 is 1.60 bits per heavy atom. The largest absolute Gasteiger partial charge is 0.376 e. The van der Waals surface area contributed by atoms with Crippen LogP contribution in [-0.4, -0.2) is 34.3 Å². The fourth-order valence-electron chi connectivity index (χ4n) is 1.11. The Morgan fingerprint density at radius 3 is 2.93 bits per heavy atom. The maximum atomic E-state index is 10.5. The van der Waals surface area contributed by atoms with Crippen molar-refractivity contribution in [1.82, 2.24) is 15.5 Å². The lowest BCUT2D eigenvalue weighted by molar-refractivity contribution is -0.388. The maximum absolute atomic E-state index is 10.5. The van der Waals surface area contributed by atoms with Crippen molar-refractivity contribution in [2.45, 2.75) is 19.9 Å². The number of aromatic amines is 1. The Morgan fingerprint density at radius 2 is 2.33 bits per heavy atom. The van der Waals surface area contributed by atoms with Crippen molar-refractivity contribution in [3.05, 3.63) is 16.3 Å². The highest BCUT2D eigenvalue weighted by atomic mass is 16.6. The summed E-state index contributed by atoms with van der Waals surface area (Å²) in [6.45, 7) is 5.46. The van der Waals surface area contributed by atoms with Crippen LogP contribution in [0.15, 0.2) is 6.20 Å². The predicted molar refractivity (Wildman–Crippen MR) is 56.9 cm³/mol. The quantitative estimate of drug-likeness (QED) is 0.368. The summed E-state index contributed by atoms with van der Waals surface area (Å²) < 4.78 is 0. The molecule has 1 rings (SSSR count). The zero-order valence-electron chi connectivity index (χ0n) is 8.78. The van der Waals surface area contributed by atoms with Crippen LogP contribution in [0.5, 0.6) is 0 Å². The Bertz CT molecular complexity index is 323. The van der Waals surface area contributed by atoms with E-state index in [1.807, 2.05) is 13.8 Å². The van der Waals surface area contributed by atoms with E-state index in [0.717, 1.165) is 6.54 Å². The molecule has 0 bridgehead atoms. The lowest BCUT2D eigenvalue weighted by atomic mass is 10.4. The van der Waals surface area contributed by atoms with E-state index in [-0.39, 0.29) is 5.82 Å². The average Bonchev–Trinajstić information content (AvgIpc) is 2.60. The van der Waals surface area contributed by atoms with Crippen LogP contribution in [0.1, 0.15) is 13.8 Å². The van der Waals surface area contributed by atoms with Gasteiger partial charge in [-0.3, -0.25) is 0 Å². The highest BCUT2D eigenvalue weighted by molar-refractivity contribution is 5.55. The summed E-state index contributed by atoms with van der Waals surface area (Å²) in [6.07, 6.45) is 1.41. The lowest BCUT2D eigenvalue weighted by Gasteiger charge is -2.08. The molecule has 0 saturated carbocycles. The van der Waals surface area contributed by atoms with E-state index in [1.54, 1.807) is 0 Å². The first kappa shape index (κ1) is 11.4. The SMILES string of the molecule is CC(C)NCCNc1cn[nH]c1[N+](=O)[O-]. The number of nitrogens with zero attached hydrogens (tertiary/aromatic N) is 2. The van der Waals surface area contributed by atoms with Gasteiger partial charge < -0.3 is 20.7 Å². The van der Waals surface area contributed by atoms with Gasteiger partial charge in [-0.25, -0.2) is 0 Å². The molecule has 1 heterocycles. The molecule has 0 saturated heterocycles. The number of nitro groups is 1. The summed E-state index contributed by atoms with van der Waals surface area (Å²) in [4.78, 5) is 10.0. The summed E-state index contributed by atoms with van der Waals surface area (Å²) in [5.41, 5.74) is 0.422. The third-order valence-corrected chi connectivity index (χ3v) is 1.79. The van der Waals surface area contributed by atoms with Gasteiger partial charge in [0.05, 0.1) is 0 Å². The van der Waals surface area contributed by atoms with Crippen LogP contribution < -0.4 is 10.6 Å². The summed E-state index contributed by atoms with van der Waals surface area (Å²) in [5, 5.41) is 22.6. The molecule has 0 fully saturated rings. The van der Waals surface area contributed by atoms with Crippen LogP contribution >= 0.6 is 0 Å². The molecule has 7 heteroatoms. The molecule has 0 amide bonds. The first-order valence-corrected chi connectivity index (χ1v) is 4.76. The van der Waals surface area contributed by atoms with Gasteiger partial charge in [0.15, 0.2) is 5.69 Å². The summed E-state index contributed by atoms with van der Waals surface area (Å²) >= 11 is 0. The number of H-pyrrole nitrogens is 1. The van der Waals surface area contributed by atoms with Crippen LogP contribution in [0.3, 0.4) is 0 Å². The number of hydrogen-bond donors (Lipinski definition) is 3. The molecule has 0 radical (unpaired) electrons. The molecular formula is C8H15N5O2. The van der Waals surface area contributed by atoms with Gasteiger partial charge in [-0.1, -0.05) is 18.9 Å². The van der Waals surface area contributed by atoms with Gasteiger partial charge in [0.25, 0.3) is 0 Å². The van der Waals surface area contributed by atoms with Crippen LogP contribution in [-0.2, 0) is 0 Å². The van der Waals surface area contributed by atoms with Crippen LogP contribution in [0, 0.1) is 10.1 Å². The molecule has 3 N–H and O–H groups in total. The molecule has 1 aromatic rings. The van der Waals surface area contributed by atoms with Crippen molar-refractivity contribution in [3.63, 3.8) is 0 Å². The monoisotopic (exact) mass is 213 g/mol. The molecule has 0 unspecified atom stereocenters. The van der Waals surface area contributed by atoms with Gasteiger partial charge in [-0.2, -0.15) is 0 Å². The number of nitrogens with one attached hydrogen (secondary N) is 3. The minimum Gasteiger partial charge on any atom is -0.376 e. The topological polar surface area (TPSA) is 95.9 Å². The van der Waals surface area contributed by atoms with E-state index in [2.05, 4.69) is 20.8 Å². The highest BCUT2D eigenvalue weighted by Crippen LogP contribution is 2.18. The molecule has 0 aliphatic heterocycles. The minimum atomic E-state index is -0.495. The maximum Gasteiger partial charge on any atom is 0.366 e. The molecule has 84 valence electrons. The fraction of sp³-hybridized carbons (Fsp3) is 0.625. The number of rotatable bonds is 6. The minimum absolute atomic E-state index is 0.0976. The summed E-state index contributed by atoms with van der Waals surface area (Å²) in [7, 11) is 0. The second-order valence-electron chi connectivity index (χ2n) is 3.42. The van der Waals surface area contributed by atoms with Crippen molar-refractivity contribution < 1.29 is 4.92 Å². The molecule has 0 atom stereocenters. The Labute approximate surface area is 87.4 Å². The fourth-order valence-corrected chi connectivity index (χ4v) is 1.11. The summed E-state index contributed by atoms with van der Waals surface area (Å²) in [6, 6.07) is 0.408. The van der Waals surface area contributed by atoms with Gasteiger partial charge >= 0.3 is 5.82 Å². The summed E-state index contributed by atoms with van der Waals surface area (Å²) in [5.74, 6) is -0.0976. The second kappa shape index (κ2) is 5.30. The van der Waals surface area contributed by atoms with Gasteiger partial charge in [0.2, 0.25) is 0 Å². The van der Waals surface area contributed by atoms with E-state index < -0.39 is 4.92 Å². The highest BCUT2D eigenvalue weighted by Gasteiger charge is 2.13. The normalized spacial score (nSPS) is 10.6. The molecular weight excluding hydrogens is 198 g/mol. The Kier molecular flexibility index (Phi) is 4.04. The first-order chi connectivity index (χ1) is 7.11. The predicted octanol–water partition coefficient (Wildman–Crippen LogP) is 0.728. The van der Waals surface area contributed by atoms with Crippen LogP contribution in [0.2, 0.25) is 0 Å². The molecule has 0 aliphatic carbocycles. The van der Waals surface area contributed by atoms with Crippen LogP contribution in [0.25, 0.3) is 0 Å². The third-order valence-electron chi connectivity index (χ3n) is 1.79. The van der Waals surface area contributed by atoms with Crippen molar-refractivity contribution >= 4 is 11.5 Å². The van der Waals surface area contributed by atoms with Gasteiger partial charge in [0.1, 0.15) is 6.20 Å². The zero-order valence-corrected chi connectivity index (χ0v) is 8.78. The van der Waals surface area contributed by atoms with Crippen molar-refractivity contribution in [3.8, 4) is 0 Å². The van der Waals surface area contributed by atoms with Crippen molar-refractivity contribution in [1.29, 1.82) is 0 Å². The van der Waals surface area contributed by atoms with Crippen LogP contribution in [0.4, 0.5) is 11.5 Å². The average molecular weight is 213 g/mol. The molecule has 1 aromatic heterocycles. The smallest absolute Gasteiger partial charge is 0.366 e. The standard InChI is InChI=1S/C8H15N5O2/c1-6(2)9-3-4-10-7-5-11-12-8(7)13(14)15/h5-6,9-10H,3-4H2,1-2H3,(H,11,12). The van der Waals surface area contributed by atoms with E-state index in [0.29, 0.717) is 18.3 Å². The number of hydrogen-bond acceptors (Lipinski definition) is 5. The van der Waals surface area contributed by atoms with Gasteiger partial charge in [-0.15, -0.1) is 5.10 Å². The molecule has 0 aromatic carbocycles. The lowest BCUT2D eigenvalue weighted by Crippen LogP contribution is -2.28. The first-order valence-electron chi connectivity index (χ1n) is 4.76. The molecule has 7 nitrogen and oxygen atoms in total. The van der Waals surface area contributed by atoms with Crippen molar-refractivity contribution in [2.75, 3.05) is 18.4 Å². The zero-order chi connectivity index (χ0) is 11.3. The van der Waals surface area contributed by atoms with E-state index in [9.17, 15) is 10.1 Å². The molecule has 0 aliphatic rings. The van der Waals surface area contributed by atoms with E-state index in [4.69, 9.17) is 0 Å². The van der Waals surface area contributed by atoms with Gasteiger partial charge in [-0.05, 0) is 4.92 Å². The van der Waals surface area contributed by atoms with Crippen molar-refractivity contribution in [2.24, 2.45) is 0 Å². The van der Waals surface area contributed by atoms with E-state index >= 15 is 0 Å².